The molecule has 1 saturated heterocycles. The number of hydrogen-bond donors (Lipinski definition) is 1. The van der Waals surface area contributed by atoms with Gasteiger partial charge < -0.3 is 5.32 Å². The van der Waals surface area contributed by atoms with Crippen molar-refractivity contribution in [1.29, 1.82) is 0 Å². The summed E-state index contributed by atoms with van der Waals surface area (Å²) in [5.41, 5.74) is 3.34. The summed E-state index contributed by atoms with van der Waals surface area (Å²) in [5.74, 6) is -0.0342. The van der Waals surface area contributed by atoms with Crippen molar-refractivity contribution in [2.75, 3.05) is 16.8 Å². The lowest BCUT2D eigenvalue weighted by Crippen LogP contribution is -2.23. The van der Waals surface area contributed by atoms with Crippen LogP contribution in [0.4, 0.5) is 10.8 Å². The molecule has 0 unspecified atom stereocenters. The fraction of sp³-hybridized carbons (Fsp3) is 0.182. The molecule has 2 aromatic carbocycles. The molecule has 1 aliphatic heterocycles. The van der Waals surface area contributed by atoms with Crippen LogP contribution in [0.5, 0.6) is 0 Å². The minimum Gasteiger partial charge on any atom is -0.326 e. The van der Waals surface area contributed by atoms with Crippen molar-refractivity contribution in [1.82, 2.24) is 9.97 Å². The van der Waals surface area contributed by atoms with E-state index in [1.54, 1.807) is 16.2 Å². The van der Waals surface area contributed by atoms with Gasteiger partial charge in [-0.1, -0.05) is 24.3 Å². The fourth-order valence-electron chi connectivity index (χ4n) is 3.45. The van der Waals surface area contributed by atoms with Gasteiger partial charge in [-0.3, -0.25) is 14.5 Å². The SMILES string of the molecule is O=C(Cc1csc(N2CCCC2=O)n1)Nc1cccc(-c2nc3ccccc3s2)c1. The number of fused-ring (bicyclic) bond motifs is 1. The van der Waals surface area contributed by atoms with Crippen LogP contribution >= 0.6 is 22.7 Å². The summed E-state index contributed by atoms with van der Waals surface area (Å²) in [5, 5.41) is 6.39. The third-order valence-electron chi connectivity index (χ3n) is 4.87. The van der Waals surface area contributed by atoms with E-state index in [9.17, 15) is 9.59 Å². The minimum atomic E-state index is -0.138. The van der Waals surface area contributed by atoms with Gasteiger partial charge in [0.15, 0.2) is 5.13 Å². The number of anilines is 2. The molecule has 0 radical (unpaired) electrons. The summed E-state index contributed by atoms with van der Waals surface area (Å²) in [6.45, 7) is 0.705. The standard InChI is InChI=1S/C22H18N4O2S2/c27-19(12-16-13-29-22(24-16)26-10-4-9-20(26)28)23-15-6-3-5-14(11-15)21-25-17-7-1-2-8-18(17)30-21/h1-3,5-8,11,13H,4,9-10,12H2,(H,23,27). The molecule has 4 aromatic rings. The Balaban J connectivity index is 1.28. The zero-order valence-corrected chi connectivity index (χ0v) is 17.6. The summed E-state index contributed by atoms with van der Waals surface area (Å²) < 4.78 is 1.14. The van der Waals surface area contributed by atoms with E-state index in [1.165, 1.54) is 11.3 Å². The van der Waals surface area contributed by atoms with Gasteiger partial charge in [0.1, 0.15) is 5.01 Å². The van der Waals surface area contributed by atoms with Crippen LogP contribution in [-0.2, 0) is 16.0 Å². The first-order valence-corrected chi connectivity index (χ1v) is 11.4. The van der Waals surface area contributed by atoms with E-state index in [1.807, 2.05) is 47.8 Å². The Morgan fingerprint density at radius 2 is 2.03 bits per heavy atom. The summed E-state index contributed by atoms with van der Waals surface area (Å²) >= 11 is 3.04. The van der Waals surface area contributed by atoms with Crippen molar-refractivity contribution >= 4 is 55.5 Å². The lowest BCUT2D eigenvalue weighted by molar-refractivity contribution is -0.117. The number of nitrogens with one attached hydrogen (secondary N) is 1. The molecular formula is C22H18N4O2S2. The molecule has 2 aromatic heterocycles. The molecule has 8 heteroatoms. The van der Waals surface area contributed by atoms with Crippen LogP contribution in [0.3, 0.4) is 0 Å². The molecule has 6 nitrogen and oxygen atoms in total. The van der Waals surface area contributed by atoms with Gasteiger partial charge >= 0.3 is 0 Å². The van der Waals surface area contributed by atoms with E-state index in [2.05, 4.69) is 21.4 Å². The maximum Gasteiger partial charge on any atom is 0.230 e. The van der Waals surface area contributed by atoms with Crippen LogP contribution in [0.1, 0.15) is 18.5 Å². The fourth-order valence-corrected chi connectivity index (χ4v) is 5.28. The normalized spacial score (nSPS) is 13.9. The van der Waals surface area contributed by atoms with Crippen molar-refractivity contribution < 1.29 is 9.59 Å². The summed E-state index contributed by atoms with van der Waals surface area (Å²) in [7, 11) is 0. The molecule has 5 rings (SSSR count). The summed E-state index contributed by atoms with van der Waals surface area (Å²) in [6, 6.07) is 15.7. The highest BCUT2D eigenvalue weighted by molar-refractivity contribution is 7.21. The zero-order chi connectivity index (χ0) is 20.5. The Kier molecular flexibility index (Phi) is 5.02. The van der Waals surface area contributed by atoms with Crippen LogP contribution in [0.2, 0.25) is 0 Å². The van der Waals surface area contributed by atoms with Gasteiger partial charge in [0, 0.05) is 29.6 Å². The van der Waals surface area contributed by atoms with E-state index in [-0.39, 0.29) is 18.2 Å². The zero-order valence-electron chi connectivity index (χ0n) is 16.0. The van der Waals surface area contributed by atoms with Crippen LogP contribution in [-0.4, -0.2) is 28.3 Å². The molecular weight excluding hydrogens is 416 g/mol. The molecule has 0 aliphatic carbocycles. The average molecular weight is 435 g/mol. The molecule has 1 fully saturated rings. The molecule has 150 valence electrons. The second-order valence-electron chi connectivity index (χ2n) is 7.06. The number of aromatic nitrogens is 2. The van der Waals surface area contributed by atoms with Crippen LogP contribution in [0.25, 0.3) is 20.8 Å². The molecule has 30 heavy (non-hydrogen) atoms. The Morgan fingerprint density at radius 1 is 1.13 bits per heavy atom. The van der Waals surface area contributed by atoms with Gasteiger partial charge in [0.2, 0.25) is 11.8 Å². The molecule has 0 atom stereocenters. The summed E-state index contributed by atoms with van der Waals surface area (Å²) in [6.07, 6.45) is 1.60. The molecule has 1 aliphatic rings. The van der Waals surface area contributed by atoms with Crippen molar-refractivity contribution in [2.24, 2.45) is 0 Å². The van der Waals surface area contributed by atoms with Gasteiger partial charge in [0.25, 0.3) is 0 Å². The van der Waals surface area contributed by atoms with Gasteiger partial charge in [-0.25, -0.2) is 9.97 Å². The van der Waals surface area contributed by atoms with Gasteiger partial charge in [-0.05, 0) is 30.7 Å². The number of carbonyl (C=O) groups excluding carboxylic acids is 2. The number of benzene rings is 2. The van der Waals surface area contributed by atoms with Crippen LogP contribution in [0.15, 0.2) is 53.9 Å². The van der Waals surface area contributed by atoms with Crippen LogP contribution < -0.4 is 10.2 Å². The van der Waals surface area contributed by atoms with Gasteiger partial charge in [0.05, 0.1) is 22.3 Å². The Bertz CT molecular complexity index is 1210. The quantitative estimate of drug-likeness (QED) is 0.493. The average Bonchev–Trinajstić information content (AvgIpc) is 3.47. The van der Waals surface area contributed by atoms with Gasteiger partial charge in [-0.2, -0.15) is 0 Å². The molecule has 3 heterocycles. The highest BCUT2D eigenvalue weighted by Gasteiger charge is 2.24. The monoisotopic (exact) mass is 434 g/mol. The number of carbonyl (C=O) groups is 2. The van der Waals surface area contributed by atoms with Crippen molar-refractivity contribution in [3.8, 4) is 10.6 Å². The van der Waals surface area contributed by atoms with Crippen molar-refractivity contribution in [3.63, 3.8) is 0 Å². The first-order valence-electron chi connectivity index (χ1n) is 9.66. The van der Waals surface area contributed by atoms with Crippen LogP contribution in [0, 0.1) is 0 Å². The van der Waals surface area contributed by atoms with E-state index in [0.29, 0.717) is 23.8 Å². The minimum absolute atomic E-state index is 0.104. The number of rotatable bonds is 5. The molecule has 2 amide bonds. The third-order valence-corrected chi connectivity index (χ3v) is 6.87. The predicted molar refractivity (Wildman–Crippen MR) is 121 cm³/mol. The predicted octanol–water partition coefficient (Wildman–Crippen LogP) is 4.73. The third kappa shape index (κ3) is 3.83. The van der Waals surface area contributed by atoms with Crippen molar-refractivity contribution in [3.05, 3.63) is 59.6 Å². The number of nitrogens with zero attached hydrogens (tertiary/aromatic N) is 3. The first-order chi connectivity index (χ1) is 14.7. The Labute approximate surface area is 181 Å². The highest BCUT2D eigenvalue weighted by Crippen LogP contribution is 2.31. The molecule has 0 spiro atoms. The summed E-state index contributed by atoms with van der Waals surface area (Å²) in [4.78, 5) is 35.2. The second kappa shape index (κ2) is 7.97. The van der Waals surface area contributed by atoms with E-state index < -0.39 is 0 Å². The topological polar surface area (TPSA) is 75.2 Å². The first kappa shape index (κ1) is 18.9. The Morgan fingerprint density at radius 3 is 2.87 bits per heavy atom. The smallest absolute Gasteiger partial charge is 0.230 e. The number of amides is 2. The molecule has 0 bridgehead atoms. The highest BCUT2D eigenvalue weighted by atomic mass is 32.1. The van der Waals surface area contributed by atoms with E-state index in [4.69, 9.17) is 0 Å². The number of hydrogen-bond acceptors (Lipinski definition) is 6. The maximum absolute atomic E-state index is 12.5. The van der Waals surface area contributed by atoms with E-state index in [0.717, 1.165) is 32.9 Å². The van der Waals surface area contributed by atoms with E-state index >= 15 is 0 Å². The number of thiazole rings is 2. The second-order valence-corrected chi connectivity index (χ2v) is 8.93. The molecule has 1 N–H and O–H groups in total. The Hall–Kier alpha value is -3.10. The van der Waals surface area contributed by atoms with Crippen molar-refractivity contribution in [2.45, 2.75) is 19.3 Å². The van der Waals surface area contributed by atoms with Gasteiger partial charge in [-0.15, -0.1) is 22.7 Å². The largest absolute Gasteiger partial charge is 0.326 e. The molecule has 0 saturated carbocycles. The lowest BCUT2D eigenvalue weighted by Gasteiger charge is -2.10. The lowest BCUT2D eigenvalue weighted by atomic mass is 10.2. The maximum atomic E-state index is 12.5. The number of para-hydroxylation sites is 1.